The largest absolute Gasteiger partial charge is 0.490 e. The van der Waals surface area contributed by atoms with E-state index >= 15 is 0 Å². The van der Waals surface area contributed by atoms with Crippen molar-refractivity contribution in [1.82, 2.24) is 15.2 Å². The molecule has 0 radical (unpaired) electrons. The van der Waals surface area contributed by atoms with E-state index in [1.165, 1.54) is 16.9 Å². The lowest BCUT2D eigenvalue weighted by Crippen LogP contribution is -2.21. The molecule has 1 aliphatic rings. The summed E-state index contributed by atoms with van der Waals surface area (Å²) in [4.78, 5) is 17.4. The van der Waals surface area contributed by atoms with E-state index in [1.54, 1.807) is 12.5 Å². The average molecular weight is 473 g/mol. The summed E-state index contributed by atoms with van der Waals surface area (Å²) in [5, 5.41) is 20.6. The van der Waals surface area contributed by atoms with Crippen LogP contribution in [-0.2, 0) is 11.3 Å². The van der Waals surface area contributed by atoms with Gasteiger partial charge in [-0.1, -0.05) is 29.5 Å². The van der Waals surface area contributed by atoms with Crippen LogP contribution in [0.4, 0.5) is 24.0 Å². The highest BCUT2D eigenvalue weighted by molar-refractivity contribution is 7.18. The van der Waals surface area contributed by atoms with E-state index in [1.807, 2.05) is 36.5 Å². The van der Waals surface area contributed by atoms with Gasteiger partial charge < -0.3 is 14.8 Å². The Balaban J connectivity index is 0.000000325. The lowest BCUT2D eigenvalue weighted by atomic mass is 10.1. The number of hydrogen-bond donors (Lipinski definition) is 2. The van der Waals surface area contributed by atoms with Gasteiger partial charge in [-0.2, -0.15) is 13.2 Å². The molecule has 1 aliphatic heterocycles. The Morgan fingerprint density at radius 1 is 1.12 bits per heavy atom. The van der Waals surface area contributed by atoms with Crippen molar-refractivity contribution in [3.63, 3.8) is 0 Å². The monoisotopic (exact) mass is 473 g/mol. The fourth-order valence-corrected chi connectivity index (χ4v) is 3.60. The van der Waals surface area contributed by atoms with Crippen LogP contribution in [0, 0.1) is 0 Å². The van der Waals surface area contributed by atoms with Crippen LogP contribution < -0.4 is 5.32 Å². The minimum atomic E-state index is -5.08. The number of carbonyl (C=O) groups is 1. The third-order valence-electron chi connectivity index (χ3n) is 4.35. The molecule has 33 heavy (non-hydrogen) atoms. The molecule has 8 nitrogen and oxygen atoms in total. The van der Waals surface area contributed by atoms with Crippen LogP contribution >= 0.6 is 11.3 Å². The number of aromatic nitrogens is 3. The van der Waals surface area contributed by atoms with Gasteiger partial charge in [0.15, 0.2) is 0 Å². The van der Waals surface area contributed by atoms with E-state index in [9.17, 15) is 13.2 Å². The first-order valence-corrected chi connectivity index (χ1v) is 10.1. The van der Waals surface area contributed by atoms with E-state index in [0.29, 0.717) is 5.89 Å². The maximum absolute atomic E-state index is 10.6. The smallest absolute Gasteiger partial charge is 0.475 e. The van der Waals surface area contributed by atoms with Crippen molar-refractivity contribution < 1.29 is 27.5 Å². The predicted molar refractivity (Wildman–Crippen MR) is 116 cm³/mol. The summed E-state index contributed by atoms with van der Waals surface area (Å²) in [6.45, 7) is 0.763. The minimum absolute atomic E-state index is 0.592. The maximum atomic E-state index is 10.6. The van der Waals surface area contributed by atoms with Crippen LogP contribution in [0.2, 0.25) is 0 Å². The summed E-state index contributed by atoms with van der Waals surface area (Å²) in [6, 6.07) is 14.1. The Hall–Kier alpha value is -4.06. The average Bonchev–Trinajstić information content (AvgIpc) is 3.55. The molecule has 168 valence electrons. The summed E-state index contributed by atoms with van der Waals surface area (Å²) < 4.78 is 37.1. The van der Waals surface area contributed by atoms with E-state index in [2.05, 4.69) is 37.6 Å². The normalized spacial score (nSPS) is 12.1. The van der Waals surface area contributed by atoms with Gasteiger partial charge in [-0.05, 0) is 35.4 Å². The summed E-state index contributed by atoms with van der Waals surface area (Å²) in [6.07, 6.45) is 0.0206. The molecule has 0 bridgehead atoms. The molecule has 0 fully saturated rings. The SMILES string of the molecule is C1=NCc2ccc(Nc3nnc(-c4cccc(-c5ncco5)c4)s3)cc21.O=C(O)C(F)(F)F. The number of hydrogen-bond acceptors (Lipinski definition) is 8. The topological polar surface area (TPSA) is 114 Å². The van der Waals surface area contributed by atoms with E-state index < -0.39 is 12.1 Å². The first-order valence-electron chi connectivity index (χ1n) is 9.33. The van der Waals surface area contributed by atoms with Crippen molar-refractivity contribution in [2.75, 3.05) is 5.32 Å². The lowest BCUT2D eigenvalue weighted by Gasteiger charge is -2.04. The summed E-state index contributed by atoms with van der Waals surface area (Å²) in [5.41, 5.74) is 5.27. The molecule has 3 heterocycles. The number of nitrogens with one attached hydrogen (secondary N) is 1. The molecule has 12 heteroatoms. The lowest BCUT2D eigenvalue weighted by molar-refractivity contribution is -0.192. The summed E-state index contributed by atoms with van der Waals surface area (Å²) in [5.74, 6) is -2.16. The van der Waals surface area contributed by atoms with E-state index in [4.69, 9.17) is 14.3 Å². The van der Waals surface area contributed by atoms with Crippen LogP contribution in [0.5, 0.6) is 0 Å². The molecule has 2 N–H and O–H groups in total. The van der Waals surface area contributed by atoms with E-state index in [-0.39, 0.29) is 0 Å². The fourth-order valence-electron chi connectivity index (χ4n) is 2.84. The number of rotatable bonds is 4. The molecule has 0 amide bonds. The zero-order valence-electron chi connectivity index (χ0n) is 16.6. The Bertz CT molecular complexity index is 1300. The van der Waals surface area contributed by atoms with Crippen LogP contribution in [0.15, 0.2) is 64.3 Å². The van der Waals surface area contributed by atoms with Crippen molar-refractivity contribution in [3.05, 3.63) is 66.1 Å². The van der Waals surface area contributed by atoms with E-state index in [0.717, 1.165) is 39.1 Å². The first kappa shape index (κ1) is 22.1. The zero-order valence-corrected chi connectivity index (χ0v) is 17.4. The van der Waals surface area contributed by atoms with Crippen molar-refractivity contribution in [2.45, 2.75) is 12.7 Å². The number of carboxylic acids is 1. The minimum Gasteiger partial charge on any atom is -0.475 e. The number of nitrogens with zero attached hydrogens (tertiary/aromatic N) is 4. The van der Waals surface area contributed by atoms with Crippen LogP contribution in [0.25, 0.3) is 22.0 Å². The highest BCUT2D eigenvalue weighted by Crippen LogP contribution is 2.31. The Morgan fingerprint density at radius 2 is 1.91 bits per heavy atom. The molecule has 0 atom stereocenters. The number of aliphatic imine (C=N–C) groups is 1. The number of anilines is 2. The third kappa shape index (κ3) is 5.41. The summed E-state index contributed by atoms with van der Waals surface area (Å²) >= 11 is 1.50. The van der Waals surface area contributed by atoms with Gasteiger partial charge in [-0.15, -0.1) is 10.2 Å². The maximum Gasteiger partial charge on any atom is 0.490 e. The highest BCUT2D eigenvalue weighted by atomic mass is 32.1. The fraction of sp³-hybridized carbons (Fsp3) is 0.0952. The van der Waals surface area contributed by atoms with Gasteiger partial charge in [-0.25, -0.2) is 9.78 Å². The number of aliphatic carboxylic acids is 1. The van der Waals surface area contributed by atoms with Gasteiger partial charge >= 0.3 is 12.1 Å². The van der Waals surface area contributed by atoms with Gasteiger partial charge in [0.1, 0.15) is 11.3 Å². The number of benzene rings is 2. The van der Waals surface area contributed by atoms with Crippen molar-refractivity contribution in [2.24, 2.45) is 4.99 Å². The first-order chi connectivity index (χ1) is 15.8. The van der Waals surface area contributed by atoms with Crippen LogP contribution in [-0.4, -0.2) is 38.6 Å². The van der Waals surface area contributed by atoms with Gasteiger partial charge in [0.05, 0.1) is 12.7 Å². The van der Waals surface area contributed by atoms with Crippen molar-refractivity contribution >= 4 is 34.3 Å². The molecule has 2 aromatic carbocycles. The van der Waals surface area contributed by atoms with Crippen molar-refractivity contribution in [1.29, 1.82) is 0 Å². The highest BCUT2D eigenvalue weighted by Gasteiger charge is 2.38. The quantitative estimate of drug-likeness (QED) is 0.420. The molecule has 2 aromatic heterocycles. The molecule has 0 saturated heterocycles. The standard InChI is InChI=1S/C19H13N5OS.C2HF3O2/c1-2-12(17-21-6-7-25-17)8-13(3-1)18-23-24-19(26-18)22-16-5-4-14-10-20-11-15(14)9-16;3-2(4,5)1(6)7/h1-9,11H,10H2,(H,22,24);(H,6,7). The summed E-state index contributed by atoms with van der Waals surface area (Å²) in [7, 11) is 0. The Morgan fingerprint density at radius 3 is 2.64 bits per heavy atom. The number of carboxylic acid groups (broad SMARTS) is 1. The molecule has 0 aliphatic carbocycles. The molecular weight excluding hydrogens is 459 g/mol. The predicted octanol–water partition coefficient (Wildman–Crippen LogP) is 5.17. The van der Waals surface area contributed by atoms with Gasteiger partial charge in [0, 0.05) is 23.0 Å². The number of fused-ring (bicyclic) bond motifs is 1. The van der Waals surface area contributed by atoms with Crippen molar-refractivity contribution in [3.8, 4) is 22.0 Å². The molecule has 5 rings (SSSR count). The molecule has 0 saturated carbocycles. The molecule has 4 aromatic rings. The van der Waals surface area contributed by atoms with Crippen LogP contribution in [0.3, 0.4) is 0 Å². The van der Waals surface area contributed by atoms with Gasteiger partial charge in [0.2, 0.25) is 11.0 Å². The molecular formula is C21H14F3N5O3S. The molecule has 0 spiro atoms. The second kappa shape index (κ2) is 9.20. The zero-order chi connectivity index (χ0) is 23.4. The Labute approximate surface area is 188 Å². The number of alkyl halides is 3. The number of halogens is 3. The number of oxazole rings is 1. The van der Waals surface area contributed by atoms with Gasteiger partial charge in [0.25, 0.3) is 0 Å². The van der Waals surface area contributed by atoms with Crippen LogP contribution in [0.1, 0.15) is 11.1 Å². The Kier molecular flexibility index (Phi) is 6.18. The second-order valence-corrected chi connectivity index (χ2v) is 7.62. The molecule has 0 unspecified atom stereocenters. The second-order valence-electron chi connectivity index (χ2n) is 6.64. The third-order valence-corrected chi connectivity index (χ3v) is 5.23. The van der Waals surface area contributed by atoms with Gasteiger partial charge in [-0.3, -0.25) is 4.99 Å².